The highest BCUT2D eigenvalue weighted by molar-refractivity contribution is 6.43. The number of aryl methyl sites for hydroxylation is 2. The van der Waals surface area contributed by atoms with Gasteiger partial charge in [0.25, 0.3) is 5.56 Å². The summed E-state index contributed by atoms with van der Waals surface area (Å²) in [6, 6.07) is 8.43. The molecule has 118 valence electrons. The first-order valence-corrected chi connectivity index (χ1v) is 7.45. The fourth-order valence-corrected chi connectivity index (χ4v) is 2.54. The molecule has 5 nitrogen and oxygen atoms in total. The summed E-state index contributed by atoms with van der Waals surface area (Å²) in [4.78, 5) is 24.4. The SMILES string of the molecule is Cc1cc(C)n(CC(=O)Nc2cccc(Cl)c2Cl)c(=O)c1C#N. The van der Waals surface area contributed by atoms with E-state index in [0.717, 1.165) is 0 Å². The molecule has 2 aromatic rings. The number of halogens is 2. The summed E-state index contributed by atoms with van der Waals surface area (Å²) in [5.41, 5.74) is 1.09. The molecule has 0 aliphatic carbocycles. The Morgan fingerprint density at radius 3 is 2.70 bits per heavy atom. The predicted molar refractivity (Wildman–Crippen MR) is 90.0 cm³/mol. The van der Waals surface area contributed by atoms with Gasteiger partial charge in [-0.1, -0.05) is 29.3 Å². The van der Waals surface area contributed by atoms with Crippen LogP contribution in [0.3, 0.4) is 0 Å². The molecule has 0 atom stereocenters. The lowest BCUT2D eigenvalue weighted by Crippen LogP contribution is -2.31. The molecule has 1 aromatic carbocycles. The molecule has 0 aliphatic heterocycles. The fourth-order valence-electron chi connectivity index (χ4n) is 2.19. The number of anilines is 1. The summed E-state index contributed by atoms with van der Waals surface area (Å²) in [7, 11) is 0. The van der Waals surface area contributed by atoms with Crippen molar-refractivity contribution in [3.63, 3.8) is 0 Å². The van der Waals surface area contributed by atoms with Crippen LogP contribution in [0.1, 0.15) is 16.8 Å². The largest absolute Gasteiger partial charge is 0.323 e. The van der Waals surface area contributed by atoms with Gasteiger partial charge in [-0.3, -0.25) is 9.59 Å². The maximum atomic E-state index is 12.3. The van der Waals surface area contributed by atoms with Gasteiger partial charge in [0, 0.05) is 5.69 Å². The molecule has 7 heteroatoms. The number of nitriles is 1. The van der Waals surface area contributed by atoms with Crippen LogP contribution in [-0.2, 0) is 11.3 Å². The summed E-state index contributed by atoms with van der Waals surface area (Å²) < 4.78 is 1.25. The molecule has 0 fully saturated rings. The Morgan fingerprint density at radius 1 is 1.35 bits per heavy atom. The molecule has 0 spiro atoms. The highest BCUT2D eigenvalue weighted by Crippen LogP contribution is 2.29. The first kappa shape index (κ1) is 17.1. The topological polar surface area (TPSA) is 74.9 Å². The maximum Gasteiger partial charge on any atom is 0.269 e. The van der Waals surface area contributed by atoms with E-state index in [2.05, 4.69) is 5.32 Å². The van der Waals surface area contributed by atoms with Crippen molar-refractivity contribution in [3.8, 4) is 6.07 Å². The first-order chi connectivity index (χ1) is 10.8. The van der Waals surface area contributed by atoms with Crippen molar-refractivity contribution in [2.24, 2.45) is 0 Å². The van der Waals surface area contributed by atoms with Crippen molar-refractivity contribution in [2.75, 3.05) is 5.32 Å². The van der Waals surface area contributed by atoms with Gasteiger partial charge in [0.2, 0.25) is 5.91 Å². The summed E-state index contributed by atoms with van der Waals surface area (Å²) in [6.45, 7) is 3.17. The second kappa shape index (κ2) is 6.86. The molecule has 0 unspecified atom stereocenters. The van der Waals surface area contributed by atoms with Gasteiger partial charge >= 0.3 is 0 Å². The molecule has 1 heterocycles. The number of pyridine rings is 1. The van der Waals surface area contributed by atoms with E-state index in [1.807, 2.05) is 6.07 Å². The molecular weight excluding hydrogens is 337 g/mol. The smallest absolute Gasteiger partial charge is 0.269 e. The van der Waals surface area contributed by atoms with Gasteiger partial charge in [-0.15, -0.1) is 0 Å². The zero-order chi connectivity index (χ0) is 17.1. The number of amides is 1. The summed E-state index contributed by atoms with van der Waals surface area (Å²) >= 11 is 11.9. The first-order valence-electron chi connectivity index (χ1n) is 6.70. The van der Waals surface area contributed by atoms with Crippen molar-refractivity contribution >= 4 is 34.8 Å². The van der Waals surface area contributed by atoms with Crippen molar-refractivity contribution in [1.82, 2.24) is 4.57 Å². The molecule has 0 saturated carbocycles. The quantitative estimate of drug-likeness (QED) is 0.923. The van der Waals surface area contributed by atoms with Crippen LogP contribution in [0.25, 0.3) is 0 Å². The lowest BCUT2D eigenvalue weighted by molar-refractivity contribution is -0.116. The minimum Gasteiger partial charge on any atom is -0.323 e. The molecule has 0 bridgehead atoms. The molecule has 1 amide bonds. The van der Waals surface area contributed by atoms with Crippen LogP contribution in [0.15, 0.2) is 29.1 Å². The third kappa shape index (κ3) is 3.55. The zero-order valence-electron chi connectivity index (χ0n) is 12.5. The van der Waals surface area contributed by atoms with Crippen molar-refractivity contribution in [1.29, 1.82) is 5.26 Å². The Bertz CT molecular complexity index is 882. The molecule has 0 saturated heterocycles. The second-order valence-electron chi connectivity index (χ2n) is 5.00. The molecule has 0 aliphatic rings. The lowest BCUT2D eigenvalue weighted by atomic mass is 10.1. The van der Waals surface area contributed by atoms with Crippen LogP contribution < -0.4 is 10.9 Å². The fraction of sp³-hybridized carbons (Fsp3) is 0.188. The highest BCUT2D eigenvalue weighted by Gasteiger charge is 2.14. The van der Waals surface area contributed by atoms with Gasteiger partial charge in [0.1, 0.15) is 18.2 Å². The molecule has 1 N–H and O–H groups in total. The molecule has 23 heavy (non-hydrogen) atoms. The van der Waals surface area contributed by atoms with Crippen LogP contribution in [0, 0.1) is 25.2 Å². The van der Waals surface area contributed by atoms with Gasteiger partial charge in [-0.25, -0.2) is 0 Å². The Hall–Kier alpha value is -2.29. The van der Waals surface area contributed by atoms with E-state index in [1.54, 1.807) is 38.1 Å². The Morgan fingerprint density at radius 2 is 2.04 bits per heavy atom. The number of aromatic nitrogens is 1. The number of hydrogen-bond acceptors (Lipinski definition) is 3. The second-order valence-corrected chi connectivity index (χ2v) is 5.78. The van der Waals surface area contributed by atoms with Crippen LogP contribution in [0.5, 0.6) is 0 Å². The average Bonchev–Trinajstić information content (AvgIpc) is 2.48. The highest BCUT2D eigenvalue weighted by atomic mass is 35.5. The van der Waals surface area contributed by atoms with E-state index in [-0.39, 0.29) is 17.1 Å². The molecule has 1 aromatic heterocycles. The van der Waals surface area contributed by atoms with E-state index < -0.39 is 11.5 Å². The molecule has 2 rings (SSSR count). The number of nitrogens with one attached hydrogen (secondary N) is 1. The van der Waals surface area contributed by atoms with Crippen LogP contribution in [-0.4, -0.2) is 10.5 Å². The minimum absolute atomic E-state index is 0.0317. The van der Waals surface area contributed by atoms with Crippen LogP contribution in [0.2, 0.25) is 10.0 Å². The Kier molecular flexibility index (Phi) is 5.09. The van der Waals surface area contributed by atoms with E-state index in [9.17, 15) is 9.59 Å². The van der Waals surface area contributed by atoms with Crippen molar-refractivity contribution in [3.05, 3.63) is 61.5 Å². The number of benzene rings is 1. The third-order valence-corrected chi connectivity index (χ3v) is 4.16. The lowest BCUT2D eigenvalue weighted by Gasteiger charge is -2.13. The van der Waals surface area contributed by atoms with E-state index in [0.29, 0.717) is 22.0 Å². The molecule has 0 radical (unpaired) electrons. The van der Waals surface area contributed by atoms with Crippen molar-refractivity contribution in [2.45, 2.75) is 20.4 Å². The minimum atomic E-state index is -0.489. The van der Waals surface area contributed by atoms with Crippen LogP contribution >= 0.6 is 23.2 Å². The number of rotatable bonds is 3. The maximum absolute atomic E-state index is 12.3. The van der Waals surface area contributed by atoms with Gasteiger partial charge in [-0.05, 0) is 37.6 Å². The monoisotopic (exact) mass is 349 g/mol. The van der Waals surface area contributed by atoms with E-state index >= 15 is 0 Å². The van der Waals surface area contributed by atoms with Crippen LogP contribution in [0.4, 0.5) is 5.69 Å². The van der Waals surface area contributed by atoms with Crippen molar-refractivity contribution < 1.29 is 4.79 Å². The normalized spacial score (nSPS) is 10.2. The average molecular weight is 350 g/mol. The predicted octanol–water partition coefficient (Wildman–Crippen LogP) is 3.28. The van der Waals surface area contributed by atoms with E-state index in [1.165, 1.54) is 4.57 Å². The van der Waals surface area contributed by atoms with Gasteiger partial charge in [0.05, 0.1) is 15.7 Å². The van der Waals surface area contributed by atoms with Gasteiger partial charge < -0.3 is 9.88 Å². The summed E-state index contributed by atoms with van der Waals surface area (Å²) in [5.74, 6) is -0.438. The summed E-state index contributed by atoms with van der Waals surface area (Å²) in [6.07, 6.45) is 0. The third-order valence-electron chi connectivity index (χ3n) is 3.34. The Balaban J connectivity index is 2.30. The van der Waals surface area contributed by atoms with Gasteiger partial charge in [0.15, 0.2) is 0 Å². The summed E-state index contributed by atoms with van der Waals surface area (Å²) in [5, 5.41) is 12.2. The molecular formula is C16H13Cl2N3O2. The zero-order valence-corrected chi connectivity index (χ0v) is 14.0. The van der Waals surface area contributed by atoms with E-state index in [4.69, 9.17) is 28.5 Å². The number of carbonyl (C=O) groups is 1. The number of nitrogens with zero attached hydrogens (tertiary/aromatic N) is 2. The standard InChI is InChI=1S/C16H13Cl2N3O2/c1-9-6-10(2)21(16(23)11(9)7-19)8-14(22)20-13-5-3-4-12(17)15(13)18/h3-6H,8H2,1-2H3,(H,20,22). The number of carbonyl (C=O) groups excluding carboxylic acids is 1. The van der Waals surface area contributed by atoms with Gasteiger partial charge in [-0.2, -0.15) is 5.26 Å². The number of hydrogen-bond donors (Lipinski definition) is 1. The Labute approximate surface area is 143 Å².